The molecule has 0 atom stereocenters. The lowest BCUT2D eigenvalue weighted by molar-refractivity contribution is 0.102. The number of fused-ring (bicyclic) bond motifs is 2. The zero-order chi connectivity index (χ0) is 23.8. The third-order valence-electron chi connectivity index (χ3n) is 6.20. The highest BCUT2D eigenvalue weighted by Crippen LogP contribution is 2.23. The number of rotatable bonds is 4. The van der Waals surface area contributed by atoms with E-state index in [1.54, 1.807) is 37.1 Å². The summed E-state index contributed by atoms with van der Waals surface area (Å²) in [6.45, 7) is 3.72. The Morgan fingerprint density at radius 3 is 2.66 bits per heavy atom. The van der Waals surface area contributed by atoms with Crippen molar-refractivity contribution >= 4 is 39.5 Å². The first-order valence-corrected chi connectivity index (χ1v) is 11.4. The summed E-state index contributed by atoms with van der Waals surface area (Å²) in [5, 5.41) is 4.67. The number of carbonyl (C=O) groups is 1. The lowest BCUT2D eigenvalue weighted by Gasteiger charge is -2.33. The second kappa shape index (κ2) is 8.73. The number of aromatic amines is 1. The van der Waals surface area contributed by atoms with Crippen LogP contribution in [0.25, 0.3) is 33.3 Å². The van der Waals surface area contributed by atoms with E-state index in [0.717, 1.165) is 53.9 Å². The van der Waals surface area contributed by atoms with Crippen molar-refractivity contribution in [3.8, 4) is 11.4 Å². The summed E-state index contributed by atoms with van der Waals surface area (Å²) in [5.74, 6) is 1.05. The average Bonchev–Trinajstić information content (AvgIpc) is 3.37. The zero-order valence-corrected chi connectivity index (χ0v) is 19.1. The summed E-state index contributed by atoms with van der Waals surface area (Å²) in [7, 11) is 2.11. The van der Waals surface area contributed by atoms with Gasteiger partial charge in [-0.15, -0.1) is 0 Å². The number of likely N-dealkylation sites (N-methyl/N-ethyl adjacent to an activating group) is 1. The van der Waals surface area contributed by atoms with Crippen LogP contribution < -0.4 is 10.2 Å². The topological polar surface area (TPSA) is 116 Å². The number of carbonyl (C=O) groups excluding carboxylic acids is 1. The second-order valence-electron chi connectivity index (χ2n) is 8.60. The number of nitrogens with one attached hydrogen (secondary N) is 2. The number of nitrogens with zero attached hydrogens (tertiary/aromatic N) is 7. The summed E-state index contributed by atoms with van der Waals surface area (Å²) < 4.78 is 0. The Morgan fingerprint density at radius 2 is 1.77 bits per heavy atom. The molecule has 1 amide bonds. The molecule has 35 heavy (non-hydrogen) atoms. The van der Waals surface area contributed by atoms with E-state index >= 15 is 0 Å². The molecular weight excluding hydrogens is 442 g/mol. The Kier molecular flexibility index (Phi) is 5.27. The van der Waals surface area contributed by atoms with Crippen LogP contribution in [-0.4, -0.2) is 73.9 Å². The fourth-order valence-corrected chi connectivity index (χ4v) is 4.16. The monoisotopic (exact) mass is 465 g/mol. The van der Waals surface area contributed by atoms with Gasteiger partial charge < -0.3 is 20.1 Å². The fraction of sp³-hybridized carbons (Fsp3) is 0.200. The SMILES string of the molecule is CN1CCN(c2cc(C(=O)Nc3cc4cc(-c5cnc6[nH]ccc6n5)ncc4cn3)ccn2)CC1. The summed E-state index contributed by atoms with van der Waals surface area (Å²) in [4.78, 5) is 42.9. The Hall–Kier alpha value is -4.44. The molecule has 0 bridgehead atoms. The van der Waals surface area contributed by atoms with E-state index in [1.807, 2.05) is 24.3 Å². The quantitative estimate of drug-likeness (QED) is 0.416. The molecule has 6 heterocycles. The van der Waals surface area contributed by atoms with E-state index in [-0.39, 0.29) is 5.91 Å². The maximum atomic E-state index is 13.0. The van der Waals surface area contributed by atoms with E-state index in [0.29, 0.717) is 22.8 Å². The molecule has 0 aliphatic carbocycles. The van der Waals surface area contributed by atoms with Crippen LogP contribution in [0, 0.1) is 0 Å². The molecule has 1 aliphatic rings. The van der Waals surface area contributed by atoms with Gasteiger partial charge >= 0.3 is 0 Å². The van der Waals surface area contributed by atoms with Crippen molar-refractivity contribution in [1.82, 2.24) is 34.8 Å². The van der Waals surface area contributed by atoms with Gasteiger partial charge in [-0.2, -0.15) is 0 Å². The number of pyridine rings is 3. The molecule has 5 aromatic rings. The van der Waals surface area contributed by atoms with Crippen molar-refractivity contribution in [3.05, 3.63) is 66.9 Å². The van der Waals surface area contributed by atoms with E-state index in [1.165, 1.54) is 0 Å². The maximum absolute atomic E-state index is 13.0. The smallest absolute Gasteiger partial charge is 0.257 e. The Morgan fingerprint density at radius 1 is 0.914 bits per heavy atom. The van der Waals surface area contributed by atoms with Crippen LogP contribution in [0.15, 0.2) is 61.3 Å². The Labute approximate surface area is 201 Å². The van der Waals surface area contributed by atoms with Gasteiger partial charge in [-0.05, 0) is 42.8 Å². The van der Waals surface area contributed by atoms with E-state index < -0.39 is 0 Å². The molecule has 0 radical (unpaired) electrons. The summed E-state index contributed by atoms with van der Waals surface area (Å²) >= 11 is 0. The normalized spacial score (nSPS) is 14.5. The van der Waals surface area contributed by atoms with Crippen LogP contribution in [0.2, 0.25) is 0 Å². The molecule has 0 spiro atoms. The van der Waals surface area contributed by atoms with Crippen molar-refractivity contribution in [2.45, 2.75) is 0 Å². The number of piperazine rings is 1. The second-order valence-corrected chi connectivity index (χ2v) is 8.60. The molecule has 1 fully saturated rings. The molecule has 1 saturated heterocycles. The van der Waals surface area contributed by atoms with Gasteiger partial charge in [0, 0.05) is 61.9 Å². The minimum absolute atomic E-state index is 0.229. The van der Waals surface area contributed by atoms with Crippen molar-refractivity contribution in [2.24, 2.45) is 0 Å². The predicted octanol–water partition coefficient (Wildman–Crippen LogP) is 2.97. The molecule has 6 rings (SSSR count). The van der Waals surface area contributed by atoms with Gasteiger partial charge in [0.05, 0.1) is 11.9 Å². The number of amides is 1. The highest BCUT2D eigenvalue weighted by molar-refractivity contribution is 6.05. The van der Waals surface area contributed by atoms with Crippen molar-refractivity contribution < 1.29 is 4.79 Å². The summed E-state index contributed by atoms with van der Waals surface area (Å²) in [5.41, 5.74) is 3.43. The molecule has 1 aliphatic heterocycles. The molecule has 2 N–H and O–H groups in total. The van der Waals surface area contributed by atoms with E-state index in [2.05, 4.69) is 52.1 Å². The molecule has 174 valence electrons. The van der Waals surface area contributed by atoms with Crippen molar-refractivity contribution in [1.29, 1.82) is 0 Å². The van der Waals surface area contributed by atoms with E-state index in [9.17, 15) is 4.79 Å². The first kappa shape index (κ1) is 21.1. The molecule has 0 unspecified atom stereocenters. The van der Waals surface area contributed by atoms with E-state index in [4.69, 9.17) is 0 Å². The number of hydrogen-bond acceptors (Lipinski definition) is 8. The van der Waals surface area contributed by atoms with Gasteiger partial charge in [0.2, 0.25) is 0 Å². The largest absolute Gasteiger partial charge is 0.354 e. The van der Waals surface area contributed by atoms with Gasteiger partial charge in [-0.25, -0.2) is 19.9 Å². The van der Waals surface area contributed by atoms with Gasteiger partial charge in [0.1, 0.15) is 22.8 Å². The number of anilines is 2. The Bertz CT molecular complexity index is 1540. The van der Waals surface area contributed by atoms with Gasteiger partial charge in [0.15, 0.2) is 5.65 Å². The van der Waals surface area contributed by atoms with Crippen LogP contribution in [0.3, 0.4) is 0 Å². The lowest BCUT2D eigenvalue weighted by Crippen LogP contribution is -2.44. The van der Waals surface area contributed by atoms with Crippen LogP contribution >= 0.6 is 0 Å². The molecule has 10 nitrogen and oxygen atoms in total. The molecule has 0 saturated carbocycles. The highest BCUT2D eigenvalue weighted by Gasteiger charge is 2.17. The highest BCUT2D eigenvalue weighted by atomic mass is 16.1. The van der Waals surface area contributed by atoms with Crippen LogP contribution in [-0.2, 0) is 0 Å². The van der Waals surface area contributed by atoms with Crippen LogP contribution in [0.5, 0.6) is 0 Å². The minimum atomic E-state index is -0.229. The molecule has 0 aromatic carbocycles. The van der Waals surface area contributed by atoms with Crippen molar-refractivity contribution in [2.75, 3.05) is 43.4 Å². The van der Waals surface area contributed by atoms with Gasteiger partial charge in [0.25, 0.3) is 5.91 Å². The Balaban J connectivity index is 1.24. The maximum Gasteiger partial charge on any atom is 0.257 e. The number of H-pyrrole nitrogens is 1. The van der Waals surface area contributed by atoms with Crippen LogP contribution in [0.4, 0.5) is 11.6 Å². The van der Waals surface area contributed by atoms with Crippen molar-refractivity contribution in [3.63, 3.8) is 0 Å². The van der Waals surface area contributed by atoms with Gasteiger partial charge in [-0.1, -0.05) is 0 Å². The zero-order valence-electron chi connectivity index (χ0n) is 19.1. The average molecular weight is 466 g/mol. The molecule has 5 aromatic heterocycles. The molecular formula is C25H23N9O. The number of aromatic nitrogens is 6. The predicted molar refractivity (Wildman–Crippen MR) is 134 cm³/mol. The summed E-state index contributed by atoms with van der Waals surface area (Å²) in [6.07, 6.45) is 8.62. The minimum Gasteiger partial charge on any atom is -0.354 e. The van der Waals surface area contributed by atoms with Gasteiger partial charge in [-0.3, -0.25) is 9.78 Å². The fourth-order valence-electron chi connectivity index (χ4n) is 4.16. The third kappa shape index (κ3) is 4.26. The summed E-state index contributed by atoms with van der Waals surface area (Å²) in [6, 6.07) is 9.18. The standard InChI is InChI=1S/C25H23N9O/c1-33-6-8-34(9-7-33)23-12-16(2-4-26-23)25(35)32-22-11-17-10-20(28-13-18(17)14-29-22)21-15-30-24-19(31-21)3-5-27-24/h2-5,10-15H,6-9H2,1H3,(H,27,30)(H,29,32,35). The third-order valence-corrected chi connectivity index (χ3v) is 6.20. The molecule has 10 heteroatoms. The first-order chi connectivity index (χ1) is 17.1. The van der Waals surface area contributed by atoms with Crippen LogP contribution in [0.1, 0.15) is 10.4 Å². The lowest BCUT2D eigenvalue weighted by atomic mass is 10.1. The first-order valence-electron chi connectivity index (χ1n) is 11.4. The number of hydrogen-bond donors (Lipinski definition) is 2.